The number of rotatable bonds is 3. The maximum Gasteiger partial charge on any atom is 0.305 e. The standard InChI is InChI=1S/C11H15NO2/c1-7-3-4-9(8(2)5-7)10(12)6-11(13)14/h3-5,10H,6,12H2,1-2H3,(H,13,14). The van der Waals surface area contributed by atoms with E-state index in [-0.39, 0.29) is 6.42 Å². The zero-order valence-electron chi connectivity index (χ0n) is 8.45. The van der Waals surface area contributed by atoms with Gasteiger partial charge in [-0.3, -0.25) is 4.79 Å². The Morgan fingerprint density at radius 2 is 2.14 bits per heavy atom. The number of benzene rings is 1. The molecular weight excluding hydrogens is 178 g/mol. The van der Waals surface area contributed by atoms with E-state index < -0.39 is 12.0 Å². The summed E-state index contributed by atoms with van der Waals surface area (Å²) in [6, 6.07) is 5.45. The molecule has 76 valence electrons. The van der Waals surface area contributed by atoms with E-state index in [1.54, 1.807) is 0 Å². The van der Waals surface area contributed by atoms with E-state index in [1.165, 1.54) is 0 Å². The molecule has 0 aliphatic rings. The SMILES string of the molecule is Cc1ccc(C(N)CC(=O)O)c(C)c1. The molecule has 0 aliphatic heterocycles. The zero-order valence-corrected chi connectivity index (χ0v) is 8.45. The lowest BCUT2D eigenvalue weighted by Crippen LogP contribution is -2.16. The maximum atomic E-state index is 10.5. The van der Waals surface area contributed by atoms with Crippen molar-refractivity contribution in [2.75, 3.05) is 0 Å². The molecule has 3 heteroatoms. The van der Waals surface area contributed by atoms with Crippen molar-refractivity contribution in [1.29, 1.82) is 0 Å². The van der Waals surface area contributed by atoms with E-state index >= 15 is 0 Å². The lowest BCUT2D eigenvalue weighted by Gasteiger charge is -2.12. The quantitative estimate of drug-likeness (QED) is 0.769. The molecule has 1 rings (SSSR count). The molecular formula is C11H15NO2. The van der Waals surface area contributed by atoms with Crippen LogP contribution in [0.5, 0.6) is 0 Å². The number of hydrogen-bond acceptors (Lipinski definition) is 2. The van der Waals surface area contributed by atoms with Crippen molar-refractivity contribution in [3.05, 3.63) is 34.9 Å². The average Bonchev–Trinajstić information content (AvgIpc) is 2.01. The van der Waals surface area contributed by atoms with Crippen LogP contribution in [0, 0.1) is 13.8 Å². The van der Waals surface area contributed by atoms with Gasteiger partial charge < -0.3 is 10.8 Å². The molecule has 0 aliphatic carbocycles. The fourth-order valence-corrected chi connectivity index (χ4v) is 1.54. The van der Waals surface area contributed by atoms with E-state index in [2.05, 4.69) is 0 Å². The molecule has 0 bridgehead atoms. The van der Waals surface area contributed by atoms with Crippen LogP contribution < -0.4 is 5.73 Å². The second-order valence-corrected chi connectivity index (χ2v) is 3.56. The summed E-state index contributed by atoms with van der Waals surface area (Å²) in [4.78, 5) is 10.5. The van der Waals surface area contributed by atoms with Crippen LogP contribution in [0.3, 0.4) is 0 Å². The largest absolute Gasteiger partial charge is 0.481 e. The molecule has 3 nitrogen and oxygen atoms in total. The van der Waals surface area contributed by atoms with Crippen molar-refractivity contribution in [3.8, 4) is 0 Å². The Balaban J connectivity index is 2.90. The van der Waals surface area contributed by atoms with Gasteiger partial charge in [0.25, 0.3) is 0 Å². The summed E-state index contributed by atoms with van der Waals surface area (Å²) < 4.78 is 0. The molecule has 3 N–H and O–H groups in total. The third-order valence-corrected chi connectivity index (χ3v) is 2.22. The molecule has 0 saturated heterocycles. The lowest BCUT2D eigenvalue weighted by molar-refractivity contribution is -0.137. The molecule has 0 aromatic heterocycles. The van der Waals surface area contributed by atoms with Crippen LogP contribution in [0.2, 0.25) is 0 Å². The molecule has 0 saturated carbocycles. The van der Waals surface area contributed by atoms with Gasteiger partial charge in [-0.05, 0) is 25.0 Å². The fourth-order valence-electron chi connectivity index (χ4n) is 1.54. The molecule has 1 unspecified atom stereocenters. The first-order valence-electron chi connectivity index (χ1n) is 4.55. The predicted molar refractivity (Wildman–Crippen MR) is 55.1 cm³/mol. The number of nitrogens with two attached hydrogens (primary N) is 1. The molecule has 0 spiro atoms. The highest BCUT2D eigenvalue weighted by atomic mass is 16.4. The summed E-state index contributed by atoms with van der Waals surface area (Å²) in [6.07, 6.45) is -0.0239. The topological polar surface area (TPSA) is 63.3 Å². The van der Waals surface area contributed by atoms with E-state index in [4.69, 9.17) is 10.8 Å². The van der Waals surface area contributed by atoms with Gasteiger partial charge in [0.2, 0.25) is 0 Å². The highest BCUT2D eigenvalue weighted by Gasteiger charge is 2.12. The van der Waals surface area contributed by atoms with Crippen LogP contribution in [0.4, 0.5) is 0 Å². The monoisotopic (exact) mass is 193 g/mol. The molecule has 1 aromatic rings. The average molecular weight is 193 g/mol. The van der Waals surface area contributed by atoms with Crippen molar-refractivity contribution < 1.29 is 9.90 Å². The number of carboxylic acid groups (broad SMARTS) is 1. The van der Waals surface area contributed by atoms with Gasteiger partial charge in [-0.1, -0.05) is 23.8 Å². The van der Waals surface area contributed by atoms with Crippen LogP contribution in [-0.2, 0) is 4.79 Å². The predicted octanol–water partition coefficient (Wildman–Crippen LogP) is 1.78. The first kappa shape index (κ1) is 10.7. The normalized spacial score (nSPS) is 12.5. The lowest BCUT2D eigenvalue weighted by atomic mass is 9.98. The number of carboxylic acids is 1. The van der Waals surface area contributed by atoms with E-state index in [0.717, 1.165) is 16.7 Å². The Kier molecular flexibility index (Phi) is 3.25. The van der Waals surface area contributed by atoms with E-state index in [0.29, 0.717) is 0 Å². The zero-order chi connectivity index (χ0) is 10.7. The van der Waals surface area contributed by atoms with Gasteiger partial charge >= 0.3 is 5.97 Å². The highest BCUT2D eigenvalue weighted by molar-refractivity contribution is 5.68. The first-order chi connectivity index (χ1) is 6.50. The van der Waals surface area contributed by atoms with E-state index in [9.17, 15) is 4.79 Å². The Morgan fingerprint density at radius 3 is 2.64 bits per heavy atom. The molecule has 0 radical (unpaired) electrons. The minimum atomic E-state index is -0.863. The van der Waals surface area contributed by atoms with Crippen molar-refractivity contribution in [3.63, 3.8) is 0 Å². The van der Waals surface area contributed by atoms with Gasteiger partial charge in [-0.2, -0.15) is 0 Å². The summed E-state index contributed by atoms with van der Waals surface area (Å²) in [5, 5.41) is 8.61. The van der Waals surface area contributed by atoms with Crippen molar-refractivity contribution >= 4 is 5.97 Å². The second-order valence-electron chi connectivity index (χ2n) is 3.56. The highest BCUT2D eigenvalue weighted by Crippen LogP contribution is 2.19. The van der Waals surface area contributed by atoms with Crippen molar-refractivity contribution in [2.24, 2.45) is 5.73 Å². The van der Waals surface area contributed by atoms with Gasteiger partial charge in [0, 0.05) is 6.04 Å². The van der Waals surface area contributed by atoms with Crippen LogP contribution in [-0.4, -0.2) is 11.1 Å². The Hall–Kier alpha value is -1.35. The smallest absolute Gasteiger partial charge is 0.305 e. The minimum absolute atomic E-state index is 0.0239. The van der Waals surface area contributed by atoms with Crippen molar-refractivity contribution in [2.45, 2.75) is 26.3 Å². The van der Waals surface area contributed by atoms with Crippen LogP contribution >= 0.6 is 0 Å². The van der Waals surface area contributed by atoms with Gasteiger partial charge in [-0.15, -0.1) is 0 Å². The third-order valence-electron chi connectivity index (χ3n) is 2.22. The molecule has 0 amide bonds. The summed E-state index contributed by atoms with van der Waals surface area (Å²) in [5.74, 6) is -0.863. The second kappa shape index (κ2) is 4.24. The summed E-state index contributed by atoms with van der Waals surface area (Å²) in [6.45, 7) is 3.95. The number of aryl methyl sites for hydroxylation is 2. The van der Waals surface area contributed by atoms with Crippen LogP contribution in [0.15, 0.2) is 18.2 Å². The van der Waals surface area contributed by atoms with Crippen LogP contribution in [0.1, 0.15) is 29.2 Å². The van der Waals surface area contributed by atoms with Crippen LogP contribution in [0.25, 0.3) is 0 Å². The Morgan fingerprint density at radius 1 is 1.50 bits per heavy atom. The fraction of sp³-hybridized carbons (Fsp3) is 0.364. The molecule has 1 atom stereocenters. The van der Waals surface area contributed by atoms with Gasteiger partial charge in [0.15, 0.2) is 0 Å². The number of carbonyl (C=O) groups is 1. The maximum absolute atomic E-state index is 10.5. The summed E-state index contributed by atoms with van der Waals surface area (Å²) in [5.41, 5.74) is 8.90. The Labute approximate surface area is 83.6 Å². The summed E-state index contributed by atoms with van der Waals surface area (Å²) in [7, 11) is 0. The molecule has 14 heavy (non-hydrogen) atoms. The Bertz CT molecular complexity index is 347. The van der Waals surface area contributed by atoms with Gasteiger partial charge in [-0.25, -0.2) is 0 Å². The van der Waals surface area contributed by atoms with Gasteiger partial charge in [0.1, 0.15) is 0 Å². The number of aliphatic carboxylic acids is 1. The molecule has 0 heterocycles. The molecule has 0 fully saturated rings. The van der Waals surface area contributed by atoms with E-state index in [1.807, 2.05) is 32.0 Å². The summed E-state index contributed by atoms with van der Waals surface area (Å²) >= 11 is 0. The number of hydrogen-bond donors (Lipinski definition) is 2. The van der Waals surface area contributed by atoms with Gasteiger partial charge in [0.05, 0.1) is 6.42 Å². The molecule has 1 aromatic carbocycles. The third kappa shape index (κ3) is 2.57. The van der Waals surface area contributed by atoms with Crippen molar-refractivity contribution in [1.82, 2.24) is 0 Å². The first-order valence-corrected chi connectivity index (χ1v) is 4.55. The minimum Gasteiger partial charge on any atom is -0.481 e.